The number of nitrogens with zero attached hydrogens (tertiary/aromatic N) is 3. The molecule has 0 unspecified atom stereocenters. The van der Waals surface area contributed by atoms with E-state index >= 15 is 0 Å². The summed E-state index contributed by atoms with van der Waals surface area (Å²) in [4.78, 5) is 4.34. The molecule has 0 atom stereocenters. The molecular weight excluding hydrogens is 285 g/mol. The number of ether oxygens (including phenoxy) is 1. The number of aromatic nitrogens is 3. The highest BCUT2D eigenvalue weighted by atomic mass is 35.5. The number of halogens is 2. The summed E-state index contributed by atoms with van der Waals surface area (Å²) in [6.07, 6.45) is 0. The molecule has 0 spiro atoms. The average Bonchev–Trinajstić information content (AvgIpc) is 2.62. The van der Waals surface area contributed by atoms with Crippen molar-refractivity contribution < 1.29 is 4.74 Å². The number of aryl methyl sites for hydroxylation is 3. The van der Waals surface area contributed by atoms with E-state index in [9.17, 15) is 0 Å². The fraction of sp³-hybridized carbons (Fsp3) is 0.385. The van der Waals surface area contributed by atoms with Crippen LogP contribution < -0.4 is 4.74 Å². The van der Waals surface area contributed by atoms with Gasteiger partial charge < -0.3 is 4.74 Å². The molecule has 0 aliphatic rings. The minimum Gasteiger partial charge on any atom is -0.487 e. The zero-order valence-corrected chi connectivity index (χ0v) is 12.6. The van der Waals surface area contributed by atoms with Crippen molar-refractivity contribution in [2.45, 2.75) is 26.3 Å². The van der Waals surface area contributed by atoms with E-state index in [2.05, 4.69) is 10.1 Å². The van der Waals surface area contributed by atoms with Crippen molar-refractivity contribution in [2.75, 3.05) is 0 Å². The maximum Gasteiger partial charge on any atom is 0.142 e. The standard InChI is InChI=1S/C13H15Cl2N3O/c1-8-4-5-12(11(6-14)16-8)19-7-10-9(2)17-18(3)13(10)15/h4-5H,6-7H2,1-3H3. The van der Waals surface area contributed by atoms with Crippen LogP contribution in [0.1, 0.15) is 22.6 Å². The molecule has 19 heavy (non-hydrogen) atoms. The molecule has 0 aromatic carbocycles. The fourth-order valence-corrected chi connectivity index (χ4v) is 2.23. The summed E-state index contributed by atoms with van der Waals surface area (Å²) < 4.78 is 7.39. The Balaban J connectivity index is 2.19. The van der Waals surface area contributed by atoms with Crippen LogP contribution in [-0.2, 0) is 19.5 Å². The maximum atomic E-state index is 6.16. The van der Waals surface area contributed by atoms with Crippen LogP contribution in [0.25, 0.3) is 0 Å². The quantitative estimate of drug-likeness (QED) is 0.812. The number of hydrogen-bond acceptors (Lipinski definition) is 3. The molecule has 2 heterocycles. The molecule has 6 heteroatoms. The van der Waals surface area contributed by atoms with Crippen LogP contribution in [0.4, 0.5) is 0 Å². The molecule has 0 N–H and O–H groups in total. The molecule has 2 aromatic heterocycles. The van der Waals surface area contributed by atoms with Crippen molar-refractivity contribution in [3.8, 4) is 5.75 Å². The summed E-state index contributed by atoms with van der Waals surface area (Å²) in [6.45, 7) is 4.18. The molecule has 0 aliphatic heterocycles. The predicted molar refractivity (Wildman–Crippen MR) is 75.8 cm³/mol. The number of hydrogen-bond donors (Lipinski definition) is 0. The van der Waals surface area contributed by atoms with E-state index < -0.39 is 0 Å². The molecule has 2 aromatic rings. The van der Waals surface area contributed by atoms with Crippen LogP contribution in [0, 0.1) is 13.8 Å². The van der Waals surface area contributed by atoms with Crippen LogP contribution in [0.15, 0.2) is 12.1 Å². The van der Waals surface area contributed by atoms with Gasteiger partial charge in [0.05, 0.1) is 17.3 Å². The third kappa shape index (κ3) is 3.01. The van der Waals surface area contributed by atoms with Crippen molar-refractivity contribution in [1.29, 1.82) is 0 Å². The second-order valence-corrected chi connectivity index (χ2v) is 4.92. The van der Waals surface area contributed by atoms with Crippen LogP contribution >= 0.6 is 23.2 Å². The Bertz CT molecular complexity index is 596. The topological polar surface area (TPSA) is 39.9 Å². The molecular formula is C13H15Cl2N3O. The van der Waals surface area contributed by atoms with E-state index in [1.165, 1.54) is 0 Å². The lowest BCUT2D eigenvalue weighted by Crippen LogP contribution is -2.01. The van der Waals surface area contributed by atoms with Crippen molar-refractivity contribution in [2.24, 2.45) is 7.05 Å². The highest BCUT2D eigenvalue weighted by molar-refractivity contribution is 6.30. The monoisotopic (exact) mass is 299 g/mol. The molecule has 2 rings (SSSR count). The van der Waals surface area contributed by atoms with Gasteiger partial charge in [-0.15, -0.1) is 11.6 Å². The van der Waals surface area contributed by atoms with Crippen molar-refractivity contribution >= 4 is 23.2 Å². The van der Waals surface area contributed by atoms with Crippen molar-refractivity contribution in [3.05, 3.63) is 39.9 Å². The van der Waals surface area contributed by atoms with E-state index in [-0.39, 0.29) is 0 Å². The Morgan fingerprint density at radius 2 is 2.05 bits per heavy atom. The van der Waals surface area contributed by atoms with Gasteiger partial charge in [-0.3, -0.25) is 9.67 Å². The van der Waals surface area contributed by atoms with Gasteiger partial charge in [0.2, 0.25) is 0 Å². The van der Waals surface area contributed by atoms with Crippen molar-refractivity contribution in [1.82, 2.24) is 14.8 Å². The Labute approximate surface area is 122 Å². The zero-order chi connectivity index (χ0) is 14.0. The summed E-state index contributed by atoms with van der Waals surface area (Å²) in [5.74, 6) is 0.997. The molecule has 0 aliphatic carbocycles. The van der Waals surface area contributed by atoms with Crippen LogP contribution in [0.3, 0.4) is 0 Å². The Hall–Kier alpha value is -1.26. The minimum absolute atomic E-state index is 0.316. The molecule has 0 radical (unpaired) electrons. The first kappa shape index (κ1) is 14.2. The second kappa shape index (κ2) is 5.80. The highest BCUT2D eigenvalue weighted by Gasteiger charge is 2.13. The van der Waals surface area contributed by atoms with Gasteiger partial charge in [0.15, 0.2) is 0 Å². The van der Waals surface area contributed by atoms with Gasteiger partial charge in [0, 0.05) is 18.3 Å². The van der Waals surface area contributed by atoms with Gasteiger partial charge in [-0.05, 0) is 26.0 Å². The zero-order valence-electron chi connectivity index (χ0n) is 11.1. The van der Waals surface area contributed by atoms with Gasteiger partial charge in [0.25, 0.3) is 0 Å². The summed E-state index contributed by atoms with van der Waals surface area (Å²) in [5.41, 5.74) is 3.39. The summed E-state index contributed by atoms with van der Waals surface area (Å²) in [5, 5.41) is 4.83. The molecule has 0 saturated carbocycles. The third-order valence-corrected chi connectivity index (χ3v) is 3.57. The van der Waals surface area contributed by atoms with E-state index in [4.69, 9.17) is 27.9 Å². The number of alkyl halides is 1. The molecule has 0 bridgehead atoms. The second-order valence-electron chi connectivity index (χ2n) is 4.30. The lowest BCUT2D eigenvalue weighted by atomic mass is 10.2. The Morgan fingerprint density at radius 1 is 1.32 bits per heavy atom. The first-order valence-corrected chi connectivity index (χ1v) is 6.77. The van der Waals surface area contributed by atoms with Gasteiger partial charge in [-0.25, -0.2) is 0 Å². The Morgan fingerprint density at radius 3 is 2.63 bits per heavy atom. The lowest BCUT2D eigenvalue weighted by Gasteiger charge is -2.09. The van der Waals surface area contributed by atoms with E-state index in [0.29, 0.717) is 23.4 Å². The van der Waals surface area contributed by atoms with Crippen LogP contribution in [0.2, 0.25) is 5.15 Å². The van der Waals surface area contributed by atoms with Crippen LogP contribution in [0.5, 0.6) is 5.75 Å². The maximum absolute atomic E-state index is 6.16. The summed E-state index contributed by atoms with van der Waals surface area (Å²) in [7, 11) is 1.80. The normalized spacial score (nSPS) is 10.8. The third-order valence-electron chi connectivity index (χ3n) is 2.84. The van der Waals surface area contributed by atoms with Gasteiger partial charge >= 0.3 is 0 Å². The van der Waals surface area contributed by atoms with E-state index in [0.717, 1.165) is 22.6 Å². The lowest BCUT2D eigenvalue weighted by molar-refractivity contribution is 0.301. The Kier molecular flexibility index (Phi) is 4.32. The largest absolute Gasteiger partial charge is 0.487 e. The average molecular weight is 300 g/mol. The predicted octanol–water partition coefficient (Wildman–Crippen LogP) is 3.40. The first-order valence-electron chi connectivity index (χ1n) is 5.86. The molecule has 0 saturated heterocycles. The van der Waals surface area contributed by atoms with Crippen molar-refractivity contribution in [3.63, 3.8) is 0 Å². The molecule has 0 amide bonds. The number of pyridine rings is 1. The van der Waals surface area contributed by atoms with E-state index in [1.54, 1.807) is 11.7 Å². The van der Waals surface area contributed by atoms with E-state index in [1.807, 2.05) is 26.0 Å². The van der Waals surface area contributed by atoms with Gasteiger partial charge in [-0.1, -0.05) is 11.6 Å². The molecule has 4 nitrogen and oxygen atoms in total. The summed E-state index contributed by atoms with van der Waals surface area (Å²) in [6, 6.07) is 3.77. The molecule has 0 fully saturated rings. The van der Waals surface area contributed by atoms with Gasteiger partial charge in [-0.2, -0.15) is 5.10 Å². The first-order chi connectivity index (χ1) is 9.02. The summed E-state index contributed by atoms with van der Waals surface area (Å²) >= 11 is 12.0. The van der Waals surface area contributed by atoms with Crippen LogP contribution in [-0.4, -0.2) is 14.8 Å². The van der Waals surface area contributed by atoms with Gasteiger partial charge in [0.1, 0.15) is 17.5 Å². The smallest absolute Gasteiger partial charge is 0.142 e. The fourth-order valence-electron chi connectivity index (χ4n) is 1.81. The number of rotatable bonds is 4. The molecule has 102 valence electrons. The SMILES string of the molecule is Cc1ccc(OCc2c(C)nn(C)c2Cl)c(CCl)n1. The highest BCUT2D eigenvalue weighted by Crippen LogP contribution is 2.24. The minimum atomic E-state index is 0.316.